The number of pyridine rings is 1. The summed E-state index contributed by atoms with van der Waals surface area (Å²) in [7, 11) is 3.06. The summed E-state index contributed by atoms with van der Waals surface area (Å²) in [6.45, 7) is 6.29. The molecule has 0 spiro atoms. The molecule has 1 fully saturated rings. The molecule has 2 aliphatic rings. The SMILES string of the molecule is COc1cc(Nc2c(C#N)cnc3cc(OCCCN4CCN(C(=O)CCCCN5C(=O)c6ccc(C)cc6C5=O)CC4)c(OC)cc23)c(Cl)cc1Cl. The van der Waals surface area contributed by atoms with Crippen LogP contribution >= 0.6 is 23.2 Å². The summed E-state index contributed by atoms with van der Waals surface area (Å²) in [5.74, 6) is 1.04. The van der Waals surface area contributed by atoms with Crippen molar-refractivity contribution >= 4 is 63.2 Å². The molecule has 6 rings (SSSR count). The minimum atomic E-state index is -0.258. The standard InChI is InChI=1S/C39H40Cl2N6O6/c1-24-8-9-26-27(17-24)39(50)47(38(26)49)11-5-4-7-36(48)46-14-12-45(13-15-46)10-6-16-53-35-20-31-28(18-34(35)52-3)37(25(22-42)23-43-31)44-32-21-33(51-2)30(41)19-29(32)40/h8-9,17-21,23H,4-7,10-16H2,1-3H3,(H,43,44). The van der Waals surface area contributed by atoms with E-state index < -0.39 is 0 Å². The van der Waals surface area contributed by atoms with Gasteiger partial charge in [0.15, 0.2) is 11.5 Å². The number of imide groups is 1. The largest absolute Gasteiger partial charge is 0.495 e. The smallest absolute Gasteiger partial charge is 0.261 e. The number of amides is 3. The molecule has 0 radical (unpaired) electrons. The van der Waals surface area contributed by atoms with Gasteiger partial charge in [-0.25, -0.2) is 0 Å². The molecular formula is C39H40Cl2N6O6. The maximum Gasteiger partial charge on any atom is 0.261 e. The first-order valence-electron chi connectivity index (χ1n) is 17.4. The predicted octanol–water partition coefficient (Wildman–Crippen LogP) is 6.86. The van der Waals surface area contributed by atoms with Crippen LogP contribution in [0.15, 0.2) is 48.7 Å². The fraction of sp³-hybridized carbons (Fsp3) is 0.359. The van der Waals surface area contributed by atoms with E-state index in [-0.39, 0.29) is 17.7 Å². The highest BCUT2D eigenvalue weighted by Gasteiger charge is 2.35. The molecule has 0 atom stereocenters. The first-order valence-corrected chi connectivity index (χ1v) is 18.2. The maximum absolute atomic E-state index is 12.9. The van der Waals surface area contributed by atoms with Crippen LogP contribution in [0.4, 0.5) is 11.4 Å². The Kier molecular flexibility index (Phi) is 11.9. The lowest BCUT2D eigenvalue weighted by Gasteiger charge is -2.34. The van der Waals surface area contributed by atoms with Crippen LogP contribution in [-0.2, 0) is 4.79 Å². The van der Waals surface area contributed by atoms with Crippen LogP contribution in [0, 0.1) is 18.3 Å². The number of benzene rings is 3. The number of hydrogen-bond donors (Lipinski definition) is 1. The Morgan fingerprint density at radius 3 is 2.38 bits per heavy atom. The molecule has 1 saturated heterocycles. The van der Waals surface area contributed by atoms with Gasteiger partial charge in [0, 0.05) is 69.4 Å². The molecule has 4 aromatic rings. The lowest BCUT2D eigenvalue weighted by molar-refractivity contribution is -0.133. The quantitative estimate of drug-likeness (QED) is 0.107. The highest BCUT2D eigenvalue weighted by atomic mass is 35.5. The lowest BCUT2D eigenvalue weighted by Crippen LogP contribution is -2.49. The van der Waals surface area contributed by atoms with E-state index in [0.29, 0.717) is 112 Å². The molecule has 0 saturated carbocycles. The normalized spacial score (nSPS) is 14.3. The number of hydrogen-bond acceptors (Lipinski definition) is 10. The van der Waals surface area contributed by atoms with Crippen molar-refractivity contribution in [3.8, 4) is 23.3 Å². The summed E-state index contributed by atoms with van der Waals surface area (Å²) >= 11 is 12.7. The third-order valence-electron chi connectivity index (χ3n) is 9.52. The monoisotopic (exact) mass is 758 g/mol. The highest BCUT2D eigenvalue weighted by molar-refractivity contribution is 6.37. The van der Waals surface area contributed by atoms with Crippen LogP contribution in [0.25, 0.3) is 10.9 Å². The molecule has 1 N–H and O–H groups in total. The number of nitrogens with zero attached hydrogens (tertiary/aromatic N) is 5. The number of aryl methyl sites for hydroxylation is 1. The summed E-state index contributed by atoms with van der Waals surface area (Å²) in [4.78, 5) is 48.3. The van der Waals surface area contributed by atoms with Crippen LogP contribution in [0.1, 0.15) is 57.5 Å². The van der Waals surface area contributed by atoms with Crippen molar-refractivity contribution < 1.29 is 28.6 Å². The van der Waals surface area contributed by atoms with Gasteiger partial charge in [-0.2, -0.15) is 5.26 Å². The van der Waals surface area contributed by atoms with Crippen LogP contribution in [0.3, 0.4) is 0 Å². The van der Waals surface area contributed by atoms with Crippen LogP contribution < -0.4 is 19.5 Å². The van der Waals surface area contributed by atoms with Crippen LogP contribution in [0.2, 0.25) is 10.0 Å². The van der Waals surface area contributed by atoms with Crippen molar-refractivity contribution in [1.82, 2.24) is 19.7 Å². The fourth-order valence-corrected chi connectivity index (χ4v) is 7.12. The second-order valence-electron chi connectivity index (χ2n) is 13.0. The van der Waals surface area contributed by atoms with Crippen molar-refractivity contribution in [2.45, 2.75) is 32.6 Å². The number of aromatic nitrogens is 1. The van der Waals surface area contributed by atoms with E-state index in [4.69, 9.17) is 37.4 Å². The van der Waals surface area contributed by atoms with E-state index >= 15 is 0 Å². The molecule has 0 aliphatic carbocycles. The summed E-state index contributed by atoms with van der Waals surface area (Å²) in [6, 6.07) is 14.3. The van der Waals surface area contributed by atoms with Gasteiger partial charge in [0.05, 0.1) is 64.5 Å². The number of methoxy groups -OCH3 is 2. The first kappa shape index (κ1) is 37.7. The molecule has 3 aromatic carbocycles. The molecule has 276 valence electrons. The summed E-state index contributed by atoms with van der Waals surface area (Å²) in [6.07, 6.45) is 3.83. The average Bonchev–Trinajstić information content (AvgIpc) is 3.39. The molecule has 53 heavy (non-hydrogen) atoms. The maximum atomic E-state index is 12.9. The Morgan fingerprint density at radius 1 is 0.887 bits per heavy atom. The number of anilines is 2. The number of halogens is 2. The number of unbranched alkanes of at least 4 members (excludes halogenated alkanes) is 1. The molecule has 1 aromatic heterocycles. The Morgan fingerprint density at radius 2 is 1.64 bits per heavy atom. The van der Waals surface area contributed by atoms with E-state index in [1.165, 1.54) is 18.2 Å². The van der Waals surface area contributed by atoms with Gasteiger partial charge in [-0.3, -0.25) is 29.2 Å². The van der Waals surface area contributed by atoms with Gasteiger partial charge in [0.25, 0.3) is 11.8 Å². The average molecular weight is 760 g/mol. The molecule has 3 amide bonds. The van der Waals surface area contributed by atoms with E-state index in [1.807, 2.05) is 17.9 Å². The van der Waals surface area contributed by atoms with Crippen molar-refractivity contribution in [2.75, 3.05) is 65.4 Å². The summed E-state index contributed by atoms with van der Waals surface area (Å²) in [5, 5.41) is 14.5. The number of piperazine rings is 1. The van der Waals surface area contributed by atoms with Gasteiger partial charge in [0.1, 0.15) is 11.8 Å². The summed E-state index contributed by atoms with van der Waals surface area (Å²) < 4.78 is 17.2. The van der Waals surface area contributed by atoms with E-state index in [2.05, 4.69) is 21.3 Å². The van der Waals surface area contributed by atoms with Gasteiger partial charge < -0.3 is 24.4 Å². The highest BCUT2D eigenvalue weighted by Crippen LogP contribution is 2.40. The van der Waals surface area contributed by atoms with E-state index in [0.717, 1.165) is 31.6 Å². The Labute approximate surface area is 318 Å². The van der Waals surface area contributed by atoms with Crippen molar-refractivity contribution in [2.24, 2.45) is 0 Å². The molecule has 2 aliphatic heterocycles. The van der Waals surface area contributed by atoms with E-state index in [9.17, 15) is 19.6 Å². The predicted molar refractivity (Wildman–Crippen MR) is 203 cm³/mol. The molecule has 14 heteroatoms. The van der Waals surface area contributed by atoms with Crippen molar-refractivity contribution in [1.29, 1.82) is 5.26 Å². The topological polar surface area (TPSA) is 137 Å². The fourth-order valence-electron chi connectivity index (χ4n) is 6.61. The zero-order chi connectivity index (χ0) is 37.6. The Balaban J connectivity index is 0.961. The van der Waals surface area contributed by atoms with Crippen molar-refractivity contribution in [3.63, 3.8) is 0 Å². The third kappa shape index (κ3) is 8.28. The van der Waals surface area contributed by atoms with Crippen LogP contribution in [0.5, 0.6) is 17.2 Å². The molecule has 0 bridgehead atoms. The minimum Gasteiger partial charge on any atom is -0.495 e. The van der Waals surface area contributed by atoms with Gasteiger partial charge in [-0.1, -0.05) is 34.8 Å². The van der Waals surface area contributed by atoms with Gasteiger partial charge >= 0.3 is 0 Å². The van der Waals surface area contributed by atoms with Crippen molar-refractivity contribution in [3.05, 3.63) is 81.0 Å². The molecule has 3 heterocycles. The van der Waals surface area contributed by atoms with Gasteiger partial charge in [-0.15, -0.1) is 0 Å². The first-order chi connectivity index (χ1) is 25.6. The van der Waals surface area contributed by atoms with Gasteiger partial charge in [-0.05, 0) is 50.5 Å². The number of fused-ring (bicyclic) bond motifs is 2. The number of nitrogens with one attached hydrogen (secondary N) is 1. The van der Waals surface area contributed by atoms with E-state index in [1.54, 1.807) is 43.5 Å². The minimum absolute atomic E-state index is 0.0965. The number of nitriles is 1. The zero-order valence-electron chi connectivity index (χ0n) is 29.8. The number of carbonyl (C=O) groups is 3. The number of ether oxygens (including phenoxy) is 3. The van der Waals surface area contributed by atoms with Gasteiger partial charge in [0.2, 0.25) is 5.91 Å². The summed E-state index contributed by atoms with van der Waals surface area (Å²) in [5.41, 5.74) is 3.78. The third-order valence-corrected chi connectivity index (χ3v) is 10.1. The molecule has 12 nitrogen and oxygen atoms in total. The molecular weight excluding hydrogens is 719 g/mol. The Bertz CT molecular complexity index is 2100. The Hall–Kier alpha value is -5.09. The van der Waals surface area contributed by atoms with Crippen LogP contribution in [-0.4, -0.2) is 97.5 Å². The number of rotatable bonds is 14. The lowest BCUT2D eigenvalue weighted by atomic mass is 10.1. The second-order valence-corrected chi connectivity index (χ2v) is 13.8. The second kappa shape index (κ2) is 16.7. The molecule has 0 unspecified atom stereocenters. The zero-order valence-corrected chi connectivity index (χ0v) is 31.4. The number of carbonyl (C=O) groups excluding carboxylic acids is 3.